The predicted octanol–water partition coefficient (Wildman–Crippen LogP) is -17.9. The molecule has 4 saturated heterocycles. The van der Waals surface area contributed by atoms with Crippen molar-refractivity contribution in [1.82, 2.24) is 26.6 Å². The molecule has 4 aliphatic rings. The van der Waals surface area contributed by atoms with Gasteiger partial charge >= 0.3 is 65.1 Å². The van der Waals surface area contributed by atoms with Crippen molar-refractivity contribution in [1.29, 1.82) is 0 Å². The summed E-state index contributed by atoms with van der Waals surface area (Å²) in [5.74, 6) is -17.6. The van der Waals surface area contributed by atoms with Crippen molar-refractivity contribution in [3.63, 3.8) is 0 Å². The number of aliphatic hydroxyl groups is 11. The van der Waals surface area contributed by atoms with Crippen molar-refractivity contribution < 1.29 is 211 Å². The molecule has 38 heteroatoms. The summed E-state index contributed by atoms with van der Waals surface area (Å²) in [5, 5.41) is 160. The van der Waals surface area contributed by atoms with Gasteiger partial charge in [-0.15, -0.1) is 0 Å². The number of nitrogens with one attached hydrogen (secondary N) is 5. The summed E-state index contributed by atoms with van der Waals surface area (Å²) < 4.78 is 65.0. The number of aliphatic hydroxyl groups excluding tert-OH is 11. The molecule has 1 aromatic rings. The van der Waals surface area contributed by atoms with Crippen LogP contribution in [0.15, 0.2) is 24.3 Å². The van der Waals surface area contributed by atoms with Gasteiger partial charge in [0.15, 0.2) is 18.6 Å². The molecule has 0 radical (unpaired) electrons. The number of halogens is 1. The minimum atomic E-state index is -3.40. The molecule has 486 valence electrons. The molecule has 0 aliphatic carbocycles. The number of benzene rings is 1. The van der Waals surface area contributed by atoms with Crippen LogP contribution in [0.3, 0.4) is 0 Å². The summed E-state index contributed by atoms with van der Waals surface area (Å²) >= 11 is 0. The monoisotopic (exact) mass is 1290 g/mol. The number of amides is 5. The van der Waals surface area contributed by atoms with Crippen LogP contribution in [0.1, 0.15) is 57.8 Å². The van der Waals surface area contributed by atoms with Crippen LogP contribution >= 0.6 is 0 Å². The van der Waals surface area contributed by atoms with Gasteiger partial charge < -0.3 is 145 Å². The molecule has 4 aliphatic heterocycles. The zero-order valence-corrected chi connectivity index (χ0v) is 52.8. The van der Waals surface area contributed by atoms with Crippen LogP contribution < -0.4 is 95.9 Å². The third-order valence-electron chi connectivity index (χ3n) is 14.3. The number of esters is 1. The molecule has 0 bridgehead atoms. The largest absolute Gasteiger partial charge is 1.00 e. The number of hydrogen-bond donors (Lipinski definition) is 16. The van der Waals surface area contributed by atoms with Crippen molar-refractivity contribution >= 4 is 47.4 Å². The van der Waals surface area contributed by atoms with Crippen molar-refractivity contribution in [3.8, 4) is 0 Å². The third-order valence-corrected chi connectivity index (χ3v) is 14.3. The average Bonchev–Trinajstić information content (AvgIpc) is 0.788. The normalized spacial score (nSPS) is 34.2. The number of hydrogen-bond acceptors (Lipinski definition) is 30. The maximum Gasteiger partial charge on any atom is 1.00 e. The summed E-state index contributed by atoms with van der Waals surface area (Å²) in [4.78, 5) is 102. The quantitative estimate of drug-likeness (QED) is 0.0302. The number of carbonyl (C=O) groups excluding carboxylic acids is 8. The molecule has 35 nitrogen and oxygen atoms in total. The third kappa shape index (κ3) is 19.1. The molecule has 0 saturated carbocycles. The minimum Gasteiger partial charge on any atom is -0.544 e. The summed E-state index contributed by atoms with van der Waals surface area (Å²) in [5.41, 5.74) is -0.0974. The van der Waals surface area contributed by atoms with Crippen LogP contribution in [0.25, 0.3) is 0 Å². The summed E-state index contributed by atoms with van der Waals surface area (Å²) in [6.45, 7) is 0.469. The topological polar surface area (TPSA) is 548 Å². The van der Waals surface area contributed by atoms with Crippen LogP contribution in [0.2, 0.25) is 0 Å². The Labute approximate surface area is 544 Å². The summed E-state index contributed by atoms with van der Waals surface area (Å²) in [6, 6.07) is -3.07. The number of carboxylic acids is 2. The first kappa shape index (κ1) is 78.4. The van der Waals surface area contributed by atoms with Crippen molar-refractivity contribution in [3.05, 3.63) is 35.6 Å². The van der Waals surface area contributed by atoms with Gasteiger partial charge in [0.1, 0.15) is 97.0 Å². The average molecular weight is 1290 g/mol. The molecule has 4 heterocycles. The van der Waals surface area contributed by atoms with Crippen molar-refractivity contribution in [2.24, 2.45) is 0 Å². The molecule has 88 heavy (non-hydrogen) atoms. The summed E-state index contributed by atoms with van der Waals surface area (Å²) in [6.07, 6.45) is -42.1. The van der Waals surface area contributed by atoms with Gasteiger partial charge in [0.05, 0.1) is 63.4 Å². The number of rotatable bonds is 26. The van der Waals surface area contributed by atoms with Gasteiger partial charge in [0.25, 0.3) is 5.91 Å². The van der Waals surface area contributed by atoms with E-state index in [-0.39, 0.29) is 64.7 Å². The fraction of sp³-hybridized carbons (Fsp3) is 0.720. The Hall–Kier alpha value is -3.85. The van der Waals surface area contributed by atoms with E-state index in [2.05, 4.69) is 26.6 Å². The Morgan fingerprint density at radius 2 is 1.17 bits per heavy atom. The Kier molecular flexibility index (Phi) is 30.4. The predicted molar refractivity (Wildman–Crippen MR) is 267 cm³/mol. The van der Waals surface area contributed by atoms with E-state index in [1.165, 1.54) is 6.92 Å². The second kappa shape index (κ2) is 34.2. The molecular weight excluding hydrogens is 1220 g/mol. The minimum absolute atomic E-state index is 0. The Morgan fingerprint density at radius 3 is 1.66 bits per heavy atom. The van der Waals surface area contributed by atoms with Crippen molar-refractivity contribution in [2.45, 2.75) is 193 Å². The smallest absolute Gasteiger partial charge is 0.544 e. The van der Waals surface area contributed by atoms with E-state index in [0.717, 1.165) is 59.1 Å². The van der Waals surface area contributed by atoms with Crippen molar-refractivity contribution in [2.75, 3.05) is 33.5 Å². The van der Waals surface area contributed by atoms with Crippen LogP contribution in [0.5, 0.6) is 0 Å². The fourth-order valence-electron chi connectivity index (χ4n) is 10.0. The van der Waals surface area contributed by atoms with E-state index in [0.29, 0.717) is 0 Å². The number of aliphatic carboxylic acids is 2. The van der Waals surface area contributed by atoms with Crippen LogP contribution in [-0.2, 0) is 76.2 Å². The number of carbonyl (C=O) groups is 8. The Bertz CT molecular complexity index is 2540. The molecule has 1 aromatic carbocycles. The first-order valence-electron chi connectivity index (χ1n) is 26.5. The van der Waals surface area contributed by atoms with Crippen LogP contribution in [0, 0.1) is 5.82 Å². The van der Waals surface area contributed by atoms with Gasteiger partial charge in [-0.05, 0) is 31.2 Å². The molecule has 16 N–H and O–H groups in total. The Balaban J connectivity index is 0.0000101. The van der Waals surface area contributed by atoms with E-state index in [1.54, 1.807) is 0 Å². The van der Waals surface area contributed by atoms with Gasteiger partial charge in [-0.3, -0.25) is 24.0 Å². The van der Waals surface area contributed by atoms with E-state index in [1.807, 2.05) is 0 Å². The van der Waals surface area contributed by atoms with Gasteiger partial charge in [0.2, 0.25) is 35.2 Å². The zero-order valence-electron chi connectivity index (χ0n) is 48.8. The van der Waals surface area contributed by atoms with E-state index >= 15 is 0 Å². The zero-order chi connectivity index (χ0) is 64.4. The molecule has 5 amide bonds. The fourth-order valence-corrected chi connectivity index (χ4v) is 10.0. The van der Waals surface area contributed by atoms with Crippen LogP contribution in [0.4, 0.5) is 4.39 Å². The molecule has 24 atom stereocenters. The molecule has 0 unspecified atom stereocenters. The molecule has 0 spiro atoms. The standard InChI is InChI=1S/C50H74FN5O30.2Na/c1-17(30(44(73)78-6)53-18(2)59)80-45-33(56-21(5)62)39(83-46-38(71)42(36(69)28(15-58)81-46)86-50(48(76)77)12-25(64)32(55-20(4)61)41(85-50)35(68)27(66)14-57)37(70)29(82-45)16-79-49(47(74)75)11-24(63)31(54-19(3)60)40(84-49)34(67)26(65)13-52-43(72)22-7-9-23(51)10-8-22;;/h7-10,17,24-42,45-46,57-58,63-71H,11-16H2,1-6H3,(H,52,72)(H,53,59)(H,54,60)(H,55,61)(H,56,62)(H,74,75)(H,76,77);;/q;2*+1/p-2/t17-,24+,25+,26-,27-,28-,29-,30+,31-,32-,33-,34-,35-,36+,37+,38-,39-,40-,41-,42+,45+,46+,49-,50+;;/m1../s1. The molecular formula is C50H72FN5Na2O30. The first-order valence-corrected chi connectivity index (χ1v) is 26.5. The first-order chi connectivity index (χ1) is 40.2. The van der Waals surface area contributed by atoms with E-state index in [4.69, 9.17) is 42.6 Å². The number of methoxy groups -OCH3 is 1. The number of carboxylic acid groups (broad SMARTS) is 2. The molecule has 5 rings (SSSR count). The SMILES string of the molecule is COC(=O)[C@@H](NC(C)=O)[C@@H](C)O[C@H]1O[C@H](CO[C@]2(C(=O)[O-])C[C@H](O)[C@@H](NC(C)=O)[C@H]([C@H](O)[C@H](O)CNC(=O)c3ccc(F)cc3)O2)[C@H](O)[C@H](O[C@@H]2O[C@H](CO)[C@H](O)[C@H](O[C@]3(C(=O)[O-])C[C@H](O)[C@@H](NC(C)=O)[C@H]([C@H](O)[C@H](O)CO)O3)[C@H]2O)[C@H]1NC(C)=O.[Na+].[Na+]. The maximum atomic E-state index is 13.5. The van der Waals surface area contributed by atoms with Gasteiger partial charge in [-0.1, -0.05) is 0 Å². The van der Waals surface area contributed by atoms with Gasteiger partial charge in [-0.2, -0.15) is 0 Å². The van der Waals surface area contributed by atoms with Gasteiger partial charge in [0, 0.05) is 52.6 Å². The molecule has 0 aromatic heterocycles. The van der Waals surface area contributed by atoms with E-state index < -0.39 is 238 Å². The number of ether oxygens (including phenoxy) is 9. The van der Waals surface area contributed by atoms with Gasteiger partial charge in [-0.25, -0.2) is 9.18 Å². The molecule has 4 fully saturated rings. The second-order valence-electron chi connectivity index (χ2n) is 20.8. The van der Waals surface area contributed by atoms with Crippen LogP contribution in [-0.4, -0.2) is 283 Å². The summed E-state index contributed by atoms with van der Waals surface area (Å²) in [7, 11) is 0.940. The second-order valence-corrected chi connectivity index (χ2v) is 20.8. The van der Waals surface area contributed by atoms with E-state index in [9.17, 15) is 109 Å². The Morgan fingerprint density at radius 1 is 0.682 bits per heavy atom. The maximum absolute atomic E-state index is 13.5.